The first-order valence-corrected chi connectivity index (χ1v) is 13.0. The van der Waals surface area contributed by atoms with Gasteiger partial charge in [-0.15, -0.1) is 0 Å². The Morgan fingerprint density at radius 2 is 2.00 bits per heavy atom. The number of nitrogens with one attached hydrogen (secondary N) is 2. The number of carbonyl (C=O) groups excluding carboxylic acids is 1. The predicted molar refractivity (Wildman–Crippen MR) is 125 cm³/mol. The Bertz CT molecular complexity index is 1170. The number of benzene rings is 1. The molecule has 0 atom stereocenters. The Morgan fingerprint density at radius 1 is 1.22 bits per heavy atom. The summed E-state index contributed by atoms with van der Waals surface area (Å²) in [5, 5.41) is 11.0. The number of rotatable bonds is 7. The molecule has 8 heteroatoms. The summed E-state index contributed by atoms with van der Waals surface area (Å²) in [6.07, 6.45) is 12.0. The van der Waals surface area contributed by atoms with Crippen LogP contribution in [-0.2, 0) is 22.8 Å². The predicted octanol–water partition coefficient (Wildman–Crippen LogP) is 4.07. The first-order chi connectivity index (χ1) is 15.5. The van der Waals surface area contributed by atoms with Crippen molar-refractivity contribution in [3.05, 3.63) is 41.2 Å². The van der Waals surface area contributed by atoms with Crippen LogP contribution in [0, 0.1) is 5.92 Å². The van der Waals surface area contributed by atoms with Gasteiger partial charge in [-0.3, -0.25) is 9.48 Å². The minimum Gasteiger partial charge on any atom is -0.394 e. The van der Waals surface area contributed by atoms with Crippen LogP contribution >= 0.6 is 0 Å². The van der Waals surface area contributed by atoms with Gasteiger partial charge in [0, 0.05) is 19.3 Å². The largest absolute Gasteiger partial charge is 0.394 e. The van der Waals surface area contributed by atoms with E-state index in [0.717, 1.165) is 61.9 Å². The Balaban J connectivity index is 1.47. The van der Waals surface area contributed by atoms with Crippen molar-refractivity contribution >= 4 is 33.7 Å². The smallest absolute Gasteiger partial charge is 0.184 e. The Labute approximate surface area is 189 Å². The molecule has 1 aromatic heterocycles. The summed E-state index contributed by atoms with van der Waals surface area (Å²) < 4.78 is 27.9. The zero-order chi connectivity index (χ0) is 22.3. The van der Waals surface area contributed by atoms with E-state index >= 15 is 0 Å². The van der Waals surface area contributed by atoms with Crippen LogP contribution < -0.4 is 10.6 Å². The molecule has 170 valence electrons. The molecule has 2 aromatic rings. The summed E-state index contributed by atoms with van der Waals surface area (Å²) in [4.78, 5) is 12.4. The van der Waals surface area contributed by atoms with Crippen LogP contribution in [-0.4, -0.2) is 36.3 Å². The van der Waals surface area contributed by atoms with Gasteiger partial charge < -0.3 is 10.6 Å². The monoisotopic (exact) mass is 454 g/mol. The molecule has 0 radical (unpaired) electrons. The Hall–Kier alpha value is -2.61. The van der Waals surface area contributed by atoms with Crippen LogP contribution in [0.15, 0.2) is 29.3 Å². The molecule has 2 heterocycles. The summed E-state index contributed by atoms with van der Waals surface area (Å²) in [7, 11) is -1.50. The van der Waals surface area contributed by atoms with E-state index in [9.17, 15) is 13.2 Å². The third-order valence-corrected chi connectivity index (χ3v) is 9.81. The van der Waals surface area contributed by atoms with Gasteiger partial charge in [-0.25, -0.2) is 8.42 Å². The molecular formula is C24H30N4O3S. The minimum absolute atomic E-state index is 0.470. The van der Waals surface area contributed by atoms with Gasteiger partial charge in [0.1, 0.15) is 0 Å². The lowest BCUT2D eigenvalue weighted by molar-refractivity contribution is 0.112. The molecule has 1 aromatic carbocycles. The first kappa shape index (κ1) is 21.2. The van der Waals surface area contributed by atoms with Crippen LogP contribution in [0.2, 0.25) is 0 Å². The van der Waals surface area contributed by atoms with Crippen molar-refractivity contribution < 1.29 is 13.2 Å². The number of hydrogen-bond donors (Lipinski definition) is 2. The molecule has 0 bridgehead atoms. The standard InChI is InChI=1S/C24H30N4O3S/c1-25-12-9-21-20(16-29)23(27-28(21)15-17-5-6-17)26-19-7-8-22-18(13-19)14-24(32(22,30)31)10-3-2-4-11-24/h7-9,12-13,16-17,25H,2-6,10-11,14-15H2,1H3,(H,26,27)/b12-9-. The summed E-state index contributed by atoms with van der Waals surface area (Å²) in [5.41, 5.74) is 2.91. The number of fused-ring (bicyclic) bond motifs is 1. The lowest BCUT2D eigenvalue weighted by Gasteiger charge is -2.31. The van der Waals surface area contributed by atoms with Crippen LogP contribution in [0.1, 0.15) is 66.6 Å². The summed E-state index contributed by atoms with van der Waals surface area (Å²) in [5.74, 6) is 1.12. The normalized spacial score (nSPS) is 21.0. The molecule has 0 saturated heterocycles. The van der Waals surface area contributed by atoms with Gasteiger partial charge in [0.15, 0.2) is 21.9 Å². The number of anilines is 2. The van der Waals surface area contributed by atoms with Crippen LogP contribution in [0.25, 0.3) is 6.08 Å². The average Bonchev–Trinajstić information content (AvgIpc) is 3.50. The Kier molecular flexibility index (Phi) is 5.35. The Morgan fingerprint density at radius 3 is 2.69 bits per heavy atom. The second kappa shape index (κ2) is 8.06. The molecule has 2 saturated carbocycles. The van der Waals surface area contributed by atoms with E-state index in [-0.39, 0.29) is 0 Å². The highest BCUT2D eigenvalue weighted by molar-refractivity contribution is 7.93. The van der Waals surface area contributed by atoms with Gasteiger partial charge in [-0.05, 0) is 74.1 Å². The maximum atomic E-state index is 13.3. The maximum Gasteiger partial charge on any atom is 0.184 e. The molecule has 2 N–H and O–H groups in total. The molecule has 2 fully saturated rings. The molecule has 2 aliphatic carbocycles. The van der Waals surface area contributed by atoms with Gasteiger partial charge >= 0.3 is 0 Å². The molecule has 0 unspecified atom stereocenters. The molecule has 0 amide bonds. The van der Waals surface area contributed by atoms with Crippen molar-refractivity contribution in [3.8, 4) is 0 Å². The number of hydrogen-bond acceptors (Lipinski definition) is 6. The van der Waals surface area contributed by atoms with E-state index in [4.69, 9.17) is 5.10 Å². The van der Waals surface area contributed by atoms with Gasteiger partial charge in [-0.2, -0.15) is 5.10 Å². The fourth-order valence-corrected chi connectivity index (χ4v) is 7.59. The van der Waals surface area contributed by atoms with Crippen LogP contribution in [0.5, 0.6) is 0 Å². The molecule has 32 heavy (non-hydrogen) atoms. The van der Waals surface area contributed by atoms with Crippen molar-refractivity contribution in [2.24, 2.45) is 5.92 Å². The van der Waals surface area contributed by atoms with Crippen molar-refractivity contribution in [2.45, 2.75) is 67.6 Å². The zero-order valence-electron chi connectivity index (χ0n) is 18.4. The van der Waals surface area contributed by atoms with Gasteiger partial charge in [-0.1, -0.05) is 19.3 Å². The molecule has 5 rings (SSSR count). The molecule has 1 spiro atoms. The van der Waals surface area contributed by atoms with Crippen LogP contribution in [0.3, 0.4) is 0 Å². The third-order valence-electron chi connectivity index (χ3n) is 7.14. The molecule has 3 aliphatic rings. The number of aldehydes is 1. The summed E-state index contributed by atoms with van der Waals surface area (Å²) >= 11 is 0. The topological polar surface area (TPSA) is 93.1 Å². The average molecular weight is 455 g/mol. The fourth-order valence-electron chi connectivity index (χ4n) is 5.23. The number of sulfone groups is 1. The maximum absolute atomic E-state index is 13.3. The van der Waals surface area contributed by atoms with Gasteiger partial charge in [0.25, 0.3) is 0 Å². The fraction of sp³-hybridized carbons (Fsp3) is 0.500. The zero-order valence-corrected chi connectivity index (χ0v) is 19.2. The first-order valence-electron chi connectivity index (χ1n) is 11.5. The second-order valence-electron chi connectivity index (χ2n) is 9.38. The third kappa shape index (κ3) is 3.54. The highest BCUT2D eigenvalue weighted by atomic mass is 32.2. The quantitative estimate of drug-likeness (QED) is 0.613. The van der Waals surface area contributed by atoms with Gasteiger partial charge in [0.2, 0.25) is 0 Å². The van der Waals surface area contributed by atoms with Crippen molar-refractivity contribution in [1.29, 1.82) is 0 Å². The van der Waals surface area contributed by atoms with Crippen LogP contribution in [0.4, 0.5) is 11.5 Å². The molecule has 7 nitrogen and oxygen atoms in total. The van der Waals surface area contributed by atoms with Crippen molar-refractivity contribution in [3.63, 3.8) is 0 Å². The lowest BCUT2D eigenvalue weighted by Crippen LogP contribution is -2.38. The number of aromatic nitrogens is 2. The van der Waals surface area contributed by atoms with E-state index in [0.29, 0.717) is 28.6 Å². The van der Waals surface area contributed by atoms with Gasteiger partial charge in [0.05, 0.1) is 20.9 Å². The van der Waals surface area contributed by atoms with E-state index in [1.165, 1.54) is 12.8 Å². The number of carbonyl (C=O) groups is 1. The second-order valence-corrected chi connectivity index (χ2v) is 11.7. The van der Waals surface area contributed by atoms with E-state index in [2.05, 4.69) is 10.6 Å². The molecule has 1 aliphatic heterocycles. The SMILES string of the molecule is CN/C=C\c1c(C=O)c(Nc2ccc3c(c2)CC2(CCCCC2)S3(=O)=O)nn1CC1CC1. The van der Waals surface area contributed by atoms with E-state index < -0.39 is 14.6 Å². The number of nitrogens with zero attached hydrogens (tertiary/aromatic N) is 2. The highest BCUT2D eigenvalue weighted by Crippen LogP contribution is 2.48. The highest BCUT2D eigenvalue weighted by Gasteiger charge is 2.51. The summed E-state index contributed by atoms with van der Waals surface area (Å²) in [6, 6.07) is 5.43. The van der Waals surface area contributed by atoms with Crippen molar-refractivity contribution in [2.75, 3.05) is 12.4 Å². The lowest BCUT2D eigenvalue weighted by atomic mass is 9.84. The minimum atomic E-state index is -3.31. The summed E-state index contributed by atoms with van der Waals surface area (Å²) in [6.45, 7) is 0.789. The van der Waals surface area contributed by atoms with E-state index in [1.807, 2.05) is 23.9 Å². The molecular weight excluding hydrogens is 424 g/mol. The van der Waals surface area contributed by atoms with Crippen molar-refractivity contribution in [1.82, 2.24) is 15.1 Å². The van der Waals surface area contributed by atoms with E-state index in [1.54, 1.807) is 18.3 Å².